The molecule has 1 N–H and O–H groups in total. The first-order chi connectivity index (χ1) is 8.86. The summed E-state index contributed by atoms with van der Waals surface area (Å²) in [7, 11) is 0. The molecule has 1 aliphatic heterocycles. The Morgan fingerprint density at radius 2 is 2.50 bits per heavy atom. The van der Waals surface area contributed by atoms with Gasteiger partial charge in [0.15, 0.2) is 0 Å². The van der Waals surface area contributed by atoms with Crippen LogP contribution in [0.5, 0.6) is 0 Å². The Balaban J connectivity index is 1.70. The Morgan fingerprint density at radius 3 is 3.28 bits per heavy atom. The van der Waals surface area contributed by atoms with Crippen LogP contribution in [0.15, 0.2) is 21.3 Å². The van der Waals surface area contributed by atoms with E-state index in [0.717, 1.165) is 24.9 Å². The Morgan fingerprint density at radius 1 is 1.56 bits per heavy atom. The maximum Gasteiger partial charge on any atom is 0.241 e. The number of thiophene rings is 1. The molecule has 0 radical (unpaired) electrons. The molecule has 1 saturated heterocycles. The molecule has 3 rings (SSSR count). The summed E-state index contributed by atoms with van der Waals surface area (Å²) in [5.41, 5.74) is 0.995. The highest BCUT2D eigenvalue weighted by Gasteiger charge is 2.25. The number of rotatable bonds is 4. The SMILES string of the molecule is OC[C@@H]1CCCN1Cc1nc(-c2ccsc2)no1. The van der Waals surface area contributed by atoms with E-state index < -0.39 is 0 Å². The molecule has 2 aromatic heterocycles. The second-order valence-corrected chi connectivity index (χ2v) is 5.25. The van der Waals surface area contributed by atoms with Crippen LogP contribution >= 0.6 is 11.3 Å². The fourth-order valence-electron chi connectivity index (χ4n) is 2.31. The van der Waals surface area contributed by atoms with Gasteiger partial charge in [0.25, 0.3) is 0 Å². The lowest BCUT2D eigenvalue weighted by Crippen LogP contribution is -2.31. The van der Waals surface area contributed by atoms with E-state index in [1.165, 1.54) is 0 Å². The summed E-state index contributed by atoms with van der Waals surface area (Å²) < 4.78 is 5.26. The highest BCUT2D eigenvalue weighted by atomic mass is 32.1. The van der Waals surface area contributed by atoms with E-state index in [4.69, 9.17) is 4.52 Å². The quantitative estimate of drug-likeness (QED) is 0.912. The lowest BCUT2D eigenvalue weighted by Gasteiger charge is -2.20. The molecule has 0 aromatic carbocycles. The van der Waals surface area contributed by atoms with Crippen molar-refractivity contribution in [2.75, 3.05) is 13.2 Å². The molecule has 3 heterocycles. The smallest absolute Gasteiger partial charge is 0.241 e. The van der Waals surface area contributed by atoms with Gasteiger partial charge in [0, 0.05) is 17.0 Å². The van der Waals surface area contributed by atoms with E-state index >= 15 is 0 Å². The number of aliphatic hydroxyl groups excluding tert-OH is 1. The maximum atomic E-state index is 9.26. The van der Waals surface area contributed by atoms with E-state index in [1.54, 1.807) is 11.3 Å². The molecule has 0 unspecified atom stereocenters. The zero-order valence-electron chi connectivity index (χ0n) is 9.95. The molecule has 1 atom stereocenters. The molecular formula is C12H15N3O2S. The minimum atomic E-state index is 0.200. The van der Waals surface area contributed by atoms with Crippen LogP contribution in [-0.4, -0.2) is 39.3 Å². The predicted molar refractivity (Wildman–Crippen MR) is 68.1 cm³/mol. The average Bonchev–Trinajstić information content (AvgIpc) is 3.10. The third-order valence-electron chi connectivity index (χ3n) is 3.30. The van der Waals surface area contributed by atoms with E-state index in [9.17, 15) is 5.11 Å². The Kier molecular flexibility index (Phi) is 3.40. The van der Waals surface area contributed by atoms with Gasteiger partial charge in [-0.3, -0.25) is 4.90 Å². The van der Waals surface area contributed by atoms with Crippen LogP contribution in [0.3, 0.4) is 0 Å². The first-order valence-corrected chi connectivity index (χ1v) is 7.01. The first kappa shape index (κ1) is 11.8. The van der Waals surface area contributed by atoms with Crippen LogP contribution in [-0.2, 0) is 6.54 Å². The summed E-state index contributed by atoms with van der Waals surface area (Å²) in [5.74, 6) is 1.27. The van der Waals surface area contributed by atoms with Crippen molar-refractivity contribution in [2.45, 2.75) is 25.4 Å². The zero-order chi connectivity index (χ0) is 12.4. The fourth-order valence-corrected chi connectivity index (χ4v) is 2.95. The van der Waals surface area contributed by atoms with E-state index in [1.807, 2.05) is 16.8 Å². The lowest BCUT2D eigenvalue weighted by atomic mass is 10.2. The van der Waals surface area contributed by atoms with Gasteiger partial charge >= 0.3 is 0 Å². The van der Waals surface area contributed by atoms with Crippen molar-refractivity contribution in [1.29, 1.82) is 0 Å². The molecule has 0 spiro atoms. The molecule has 1 aliphatic rings. The Labute approximate surface area is 109 Å². The maximum absolute atomic E-state index is 9.26. The number of aromatic nitrogens is 2. The minimum Gasteiger partial charge on any atom is -0.395 e. The van der Waals surface area contributed by atoms with Gasteiger partial charge in [-0.1, -0.05) is 5.16 Å². The van der Waals surface area contributed by atoms with Crippen LogP contribution in [0.25, 0.3) is 11.4 Å². The summed E-state index contributed by atoms with van der Waals surface area (Å²) in [4.78, 5) is 6.59. The topological polar surface area (TPSA) is 62.4 Å². The van der Waals surface area contributed by atoms with Gasteiger partial charge in [-0.15, -0.1) is 0 Å². The van der Waals surface area contributed by atoms with Gasteiger partial charge in [0.2, 0.25) is 11.7 Å². The third kappa shape index (κ3) is 2.31. The second-order valence-electron chi connectivity index (χ2n) is 4.47. The molecule has 6 heteroatoms. The number of hydrogen-bond donors (Lipinski definition) is 1. The minimum absolute atomic E-state index is 0.200. The number of likely N-dealkylation sites (tertiary alicyclic amines) is 1. The Hall–Kier alpha value is -1.24. The van der Waals surface area contributed by atoms with Crippen molar-refractivity contribution in [1.82, 2.24) is 15.0 Å². The number of hydrogen-bond acceptors (Lipinski definition) is 6. The standard InChI is InChI=1S/C12H15N3O2S/c16-7-10-2-1-4-15(10)6-11-13-12(14-17-11)9-3-5-18-8-9/h3,5,8,10,16H,1-2,4,6-7H2/t10-/m0/s1. The highest BCUT2D eigenvalue weighted by molar-refractivity contribution is 7.08. The Bertz CT molecular complexity index is 497. The van der Waals surface area contributed by atoms with Gasteiger partial charge in [-0.2, -0.15) is 16.3 Å². The van der Waals surface area contributed by atoms with Gasteiger partial charge in [0.1, 0.15) is 0 Å². The normalized spacial score (nSPS) is 20.6. The van der Waals surface area contributed by atoms with E-state index in [0.29, 0.717) is 18.3 Å². The summed E-state index contributed by atoms with van der Waals surface area (Å²) in [6.45, 7) is 1.81. The predicted octanol–water partition coefficient (Wildman–Crippen LogP) is 1.75. The number of aliphatic hydroxyl groups is 1. The largest absolute Gasteiger partial charge is 0.395 e. The summed E-state index contributed by atoms with van der Waals surface area (Å²) in [6, 6.07) is 2.22. The molecular weight excluding hydrogens is 250 g/mol. The van der Waals surface area contributed by atoms with Crippen LogP contribution in [0.1, 0.15) is 18.7 Å². The highest BCUT2D eigenvalue weighted by Crippen LogP contribution is 2.22. The second kappa shape index (κ2) is 5.17. The van der Waals surface area contributed by atoms with Crippen LogP contribution < -0.4 is 0 Å². The molecule has 0 bridgehead atoms. The molecule has 18 heavy (non-hydrogen) atoms. The van der Waals surface area contributed by atoms with Crippen molar-refractivity contribution >= 4 is 11.3 Å². The molecule has 0 amide bonds. The average molecular weight is 265 g/mol. The van der Waals surface area contributed by atoms with Crippen molar-refractivity contribution in [3.05, 3.63) is 22.7 Å². The molecule has 0 saturated carbocycles. The van der Waals surface area contributed by atoms with Gasteiger partial charge in [-0.25, -0.2) is 0 Å². The van der Waals surface area contributed by atoms with Gasteiger partial charge in [0.05, 0.1) is 13.2 Å². The lowest BCUT2D eigenvalue weighted by molar-refractivity contribution is 0.141. The summed E-state index contributed by atoms with van der Waals surface area (Å²) >= 11 is 1.62. The summed E-state index contributed by atoms with van der Waals surface area (Å²) in [6.07, 6.45) is 2.17. The molecule has 5 nitrogen and oxygen atoms in total. The van der Waals surface area contributed by atoms with E-state index in [-0.39, 0.29) is 12.6 Å². The van der Waals surface area contributed by atoms with Crippen molar-refractivity contribution in [3.8, 4) is 11.4 Å². The first-order valence-electron chi connectivity index (χ1n) is 6.07. The monoisotopic (exact) mass is 265 g/mol. The van der Waals surface area contributed by atoms with Crippen LogP contribution in [0, 0.1) is 0 Å². The summed E-state index contributed by atoms with van der Waals surface area (Å²) in [5, 5.41) is 17.2. The molecule has 1 fully saturated rings. The van der Waals surface area contributed by atoms with Crippen molar-refractivity contribution < 1.29 is 9.63 Å². The van der Waals surface area contributed by atoms with Crippen LogP contribution in [0.2, 0.25) is 0 Å². The molecule has 96 valence electrons. The fraction of sp³-hybridized carbons (Fsp3) is 0.500. The van der Waals surface area contributed by atoms with Crippen molar-refractivity contribution in [3.63, 3.8) is 0 Å². The van der Waals surface area contributed by atoms with Gasteiger partial charge in [-0.05, 0) is 30.8 Å². The van der Waals surface area contributed by atoms with Crippen molar-refractivity contribution in [2.24, 2.45) is 0 Å². The van der Waals surface area contributed by atoms with Gasteiger partial charge < -0.3 is 9.63 Å². The third-order valence-corrected chi connectivity index (χ3v) is 3.98. The van der Waals surface area contributed by atoms with Crippen LogP contribution in [0.4, 0.5) is 0 Å². The molecule has 2 aromatic rings. The zero-order valence-corrected chi connectivity index (χ0v) is 10.8. The molecule has 0 aliphatic carbocycles. The van der Waals surface area contributed by atoms with E-state index in [2.05, 4.69) is 15.0 Å². The number of nitrogens with zero attached hydrogens (tertiary/aromatic N) is 3.